The van der Waals surface area contributed by atoms with Crippen LogP contribution >= 0.6 is 11.3 Å². The molecule has 0 radical (unpaired) electrons. The summed E-state index contributed by atoms with van der Waals surface area (Å²) in [5.41, 5.74) is 0.436. The van der Waals surface area contributed by atoms with Crippen molar-refractivity contribution in [3.05, 3.63) is 22.4 Å². The average molecular weight is 253 g/mol. The van der Waals surface area contributed by atoms with Crippen LogP contribution < -0.4 is 5.32 Å². The second-order valence-corrected chi connectivity index (χ2v) is 7.21. The maximum Gasteiger partial charge on any atom is 0.0417 e. The van der Waals surface area contributed by atoms with Crippen LogP contribution in [-0.2, 0) is 0 Å². The predicted octanol–water partition coefficient (Wildman–Crippen LogP) is 4.86. The summed E-state index contributed by atoms with van der Waals surface area (Å²) < 4.78 is 0. The van der Waals surface area contributed by atoms with Crippen molar-refractivity contribution in [3.63, 3.8) is 0 Å². The smallest absolute Gasteiger partial charge is 0.0417 e. The van der Waals surface area contributed by atoms with E-state index in [1.807, 2.05) is 11.3 Å². The Bertz CT molecular complexity index is 297. The highest BCUT2D eigenvalue weighted by atomic mass is 32.1. The standard InChI is InChI=1S/C15H27NS/c1-6-16-13(14-8-7-9-17-14)10-12(2)11-15(3,4)5/h7-9,12-13,16H,6,10-11H2,1-5H3. The number of rotatable bonds is 6. The van der Waals surface area contributed by atoms with Crippen LogP contribution in [0.1, 0.15) is 58.4 Å². The third-order valence-corrected chi connectivity index (χ3v) is 3.92. The summed E-state index contributed by atoms with van der Waals surface area (Å²) in [6.07, 6.45) is 2.53. The normalized spacial score (nSPS) is 15.8. The van der Waals surface area contributed by atoms with Gasteiger partial charge in [0.15, 0.2) is 0 Å². The summed E-state index contributed by atoms with van der Waals surface area (Å²) in [6, 6.07) is 4.94. The van der Waals surface area contributed by atoms with Crippen LogP contribution in [0.15, 0.2) is 17.5 Å². The first-order valence-corrected chi connectivity index (χ1v) is 7.57. The van der Waals surface area contributed by atoms with Crippen molar-refractivity contribution in [2.24, 2.45) is 11.3 Å². The Balaban J connectivity index is 2.55. The molecule has 0 aromatic carbocycles. The van der Waals surface area contributed by atoms with E-state index in [-0.39, 0.29) is 0 Å². The van der Waals surface area contributed by atoms with Gasteiger partial charge in [0.05, 0.1) is 0 Å². The van der Waals surface area contributed by atoms with Crippen LogP contribution in [0.4, 0.5) is 0 Å². The van der Waals surface area contributed by atoms with E-state index in [1.54, 1.807) is 0 Å². The van der Waals surface area contributed by atoms with E-state index in [0.29, 0.717) is 11.5 Å². The lowest BCUT2D eigenvalue weighted by Crippen LogP contribution is -2.23. The molecule has 98 valence electrons. The molecular formula is C15H27NS. The Kier molecular flexibility index (Phi) is 5.68. The lowest BCUT2D eigenvalue weighted by atomic mass is 9.83. The Labute approximate surface area is 111 Å². The molecule has 0 aliphatic heterocycles. The topological polar surface area (TPSA) is 12.0 Å². The second-order valence-electron chi connectivity index (χ2n) is 6.23. The fourth-order valence-electron chi connectivity index (χ4n) is 2.57. The van der Waals surface area contributed by atoms with E-state index in [9.17, 15) is 0 Å². The van der Waals surface area contributed by atoms with Gasteiger partial charge in [-0.3, -0.25) is 0 Å². The summed E-state index contributed by atoms with van der Waals surface area (Å²) in [7, 11) is 0. The van der Waals surface area contributed by atoms with Gasteiger partial charge >= 0.3 is 0 Å². The van der Waals surface area contributed by atoms with Gasteiger partial charge in [-0.15, -0.1) is 11.3 Å². The Morgan fingerprint density at radius 3 is 2.53 bits per heavy atom. The van der Waals surface area contributed by atoms with Gasteiger partial charge in [0.25, 0.3) is 0 Å². The minimum atomic E-state index is 0.436. The molecule has 1 N–H and O–H groups in total. The quantitative estimate of drug-likeness (QED) is 0.763. The van der Waals surface area contributed by atoms with E-state index < -0.39 is 0 Å². The van der Waals surface area contributed by atoms with E-state index in [1.165, 1.54) is 17.7 Å². The van der Waals surface area contributed by atoms with Gasteiger partial charge in [0, 0.05) is 10.9 Å². The fourth-order valence-corrected chi connectivity index (χ4v) is 3.38. The summed E-state index contributed by atoms with van der Waals surface area (Å²) in [4.78, 5) is 1.48. The highest BCUT2D eigenvalue weighted by Crippen LogP contribution is 2.31. The second kappa shape index (κ2) is 6.55. The van der Waals surface area contributed by atoms with Crippen LogP contribution in [0.25, 0.3) is 0 Å². The van der Waals surface area contributed by atoms with Gasteiger partial charge in [0.1, 0.15) is 0 Å². The van der Waals surface area contributed by atoms with E-state index in [2.05, 4.69) is 57.4 Å². The molecule has 0 aliphatic rings. The van der Waals surface area contributed by atoms with E-state index in [4.69, 9.17) is 0 Å². The monoisotopic (exact) mass is 253 g/mol. The first kappa shape index (κ1) is 14.7. The first-order chi connectivity index (χ1) is 7.92. The number of hydrogen-bond acceptors (Lipinski definition) is 2. The van der Waals surface area contributed by atoms with Crippen molar-refractivity contribution < 1.29 is 0 Å². The molecule has 2 atom stereocenters. The van der Waals surface area contributed by atoms with Crippen molar-refractivity contribution in [2.75, 3.05) is 6.54 Å². The lowest BCUT2D eigenvalue weighted by Gasteiger charge is -2.26. The zero-order valence-corrected chi connectivity index (χ0v) is 12.7. The van der Waals surface area contributed by atoms with Gasteiger partial charge in [-0.1, -0.05) is 40.7 Å². The van der Waals surface area contributed by atoms with Crippen molar-refractivity contribution in [1.82, 2.24) is 5.32 Å². The Hall–Kier alpha value is -0.340. The molecule has 1 aromatic rings. The maximum atomic E-state index is 3.61. The first-order valence-electron chi connectivity index (χ1n) is 6.69. The van der Waals surface area contributed by atoms with Gasteiger partial charge in [-0.2, -0.15) is 0 Å². The molecule has 1 heterocycles. The molecule has 0 saturated heterocycles. The van der Waals surface area contributed by atoms with Crippen LogP contribution in [-0.4, -0.2) is 6.54 Å². The minimum absolute atomic E-state index is 0.436. The highest BCUT2D eigenvalue weighted by molar-refractivity contribution is 7.10. The third kappa shape index (κ3) is 5.69. The predicted molar refractivity (Wildman–Crippen MR) is 78.6 cm³/mol. The van der Waals surface area contributed by atoms with Gasteiger partial charge < -0.3 is 5.32 Å². The zero-order valence-electron chi connectivity index (χ0n) is 11.9. The third-order valence-electron chi connectivity index (χ3n) is 2.94. The molecular weight excluding hydrogens is 226 g/mol. The van der Waals surface area contributed by atoms with Crippen LogP contribution in [0.2, 0.25) is 0 Å². The molecule has 0 amide bonds. The van der Waals surface area contributed by atoms with E-state index in [0.717, 1.165) is 12.5 Å². The summed E-state index contributed by atoms with van der Waals surface area (Å²) in [5.74, 6) is 0.765. The van der Waals surface area contributed by atoms with Gasteiger partial charge in [-0.05, 0) is 42.2 Å². The summed E-state index contributed by atoms with van der Waals surface area (Å²) in [6.45, 7) is 12.6. The van der Waals surface area contributed by atoms with Crippen molar-refractivity contribution in [1.29, 1.82) is 0 Å². The van der Waals surface area contributed by atoms with Crippen molar-refractivity contribution in [3.8, 4) is 0 Å². The summed E-state index contributed by atoms with van der Waals surface area (Å²) in [5, 5.41) is 5.79. The molecule has 0 bridgehead atoms. The van der Waals surface area contributed by atoms with E-state index >= 15 is 0 Å². The Morgan fingerprint density at radius 2 is 2.06 bits per heavy atom. The molecule has 0 aliphatic carbocycles. The summed E-state index contributed by atoms with van der Waals surface area (Å²) >= 11 is 1.87. The molecule has 1 aromatic heterocycles. The molecule has 0 spiro atoms. The van der Waals surface area contributed by atoms with Gasteiger partial charge in [-0.25, -0.2) is 0 Å². The molecule has 0 fully saturated rings. The highest BCUT2D eigenvalue weighted by Gasteiger charge is 2.20. The largest absolute Gasteiger partial charge is 0.310 e. The van der Waals surface area contributed by atoms with Gasteiger partial charge in [0.2, 0.25) is 0 Å². The number of hydrogen-bond donors (Lipinski definition) is 1. The average Bonchev–Trinajstić information content (AvgIpc) is 2.66. The van der Waals surface area contributed by atoms with Crippen LogP contribution in [0.5, 0.6) is 0 Å². The zero-order chi connectivity index (χ0) is 12.9. The SMILES string of the molecule is CCNC(CC(C)CC(C)(C)C)c1cccs1. The molecule has 17 heavy (non-hydrogen) atoms. The molecule has 0 saturated carbocycles. The Morgan fingerprint density at radius 1 is 1.35 bits per heavy atom. The molecule has 1 nitrogen and oxygen atoms in total. The maximum absolute atomic E-state index is 3.61. The van der Waals surface area contributed by atoms with Crippen LogP contribution in [0, 0.1) is 11.3 Å². The van der Waals surface area contributed by atoms with Crippen LogP contribution in [0.3, 0.4) is 0 Å². The number of thiophene rings is 1. The van der Waals surface area contributed by atoms with Crippen molar-refractivity contribution in [2.45, 2.75) is 53.5 Å². The fraction of sp³-hybridized carbons (Fsp3) is 0.733. The minimum Gasteiger partial charge on any atom is -0.310 e. The van der Waals surface area contributed by atoms with Crippen molar-refractivity contribution >= 4 is 11.3 Å². The number of nitrogens with one attached hydrogen (secondary N) is 1. The lowest BCUT2D eigenvalue weighted by molar-refractivity contribution is 0.277. The molecule has 1 rings (SSSR count). The molecule has 2 heteroatoms. The molecule has 2 unspecified atom stereocenters.